The minimum absolute atomic E-state index is 0.0556. The molecule has 9 heteroatoms. The average molecular weight is 433 g/mol. The quantitative estimate of drug-likeness (QED) is 0.650. The molecule has 2 heterocycles. The Kier molecular flexibility index (Phi) is 7.75. The molecule has 1 aliphatic rings. The lowest BCUT2D eigenvalue weighted by Gasteiger charge is -2.34. The summed E-state index contributed by atoms with van der Waals surface area (Å²) < 4.78 is 21.7. The fourth-order valence-electron chi connectivity index (χ4n) is 3.72. The lowest BCUT2D eigenvalue weighted by atomic mass is 10.1. The molecule has 0 atom stereocenters. The maximum absolute atomic E-state index is 13.4. The molecule has 1 aromatic heterocycles. The number of nitrogens with one attached hydrogen (secondary N) is 1. The molecule has 3 rings (SSSR count). The first kappa shape index (κ1) is 22.9. The Morgan fingerprint density at radius 3 is 2.26 bits per heavy atom. The van der Waals surface area contributed by atoms with Gasteiger partial charge in [-0.15, -0.1) is 0 Å². The molecule has 1 saturated heterocycles. The van der Waals surface area contributed by atoms with E-state index in [9.17, 15) is 4.79 Å². The summed E-state index contributed by atoms with van der Waals surface area (Å²) in [6.45, 7) is 2.79. The summed E-state index contributed by atoms with van der Waals surface area (Å²) >= 11 is 0. The molecule has 0 saturated carbocycles. The number of hydrogen-bond donors (Lipinski definition) is 1. The van der Waals surface area contributed by atoms with Gasteiger partial charge >= 0.3 is 0 Å². The topological polar surface area (TPSA) is 89.2 Å². The fourth-order valence-corrected chi connectivity index (χ4v) is 3.72. The van der Waals surface area contributed by atoms with Crippen molar-refractivity contribution in [1.29, 1.82) is 0 Å². The van der Waals surface area contributed by atoms with E-state index in [2.05, 4.69) is 15.1 Å². The predicted molar refractivity (Wildman–Crippen MR) is 117 cm³/mol. The van der Waals surface area contributed by atoms with Crippen LogP contribution >= 0.6 is 0 Å². The first-order valence-electron chi connectivity index (χ1n) is 10.4. The van der Waals surface area contributed by atoms with E-state index in [1.165, 1.54) is 0 Å². The highest BCUT2D eigenvalue weighted by Gasteiger charge is 2.28. The van der Waals surface area contributed by atoms with Gasteiger partial charge in [0.2, 0.25) is 5.75 Å². The van der Waals surface area contributed by atoms with Gasteiger partial charge in [0.15, 0.2) is 11.5 Å². The van der Waals surface area contributed by atoms with E-state index < -0.39 is 0 Å². The van der Waals surface area contributed by atoms with Gasteiger partial charge in [0, 0.05) is 37.9 Å². The standard InChI is InChI=1S/C22H32N4O5/c1-25(2)8-9-26(16-6-10-31-11-7-16)22(27)18-14-17(23-24-18)15-12-19(28-3)21(30-5)20(13-15)29-4/h12-14,16H,6-11H2,1-5H3,(H,23,24). The van der Waals surface area contributed by atoms with E-state index in [1.807, 2.05) is 31.1 Å². The highest BCUT2D eigenvalue weighted by atomic mass is 16.5. The number of aromatic nitrogens is 2. The number of nitrogens with zero attached hydrogens (tertiary/aromatic N) is 3. The summed E-state index contributed by atoms with van der Waals surface area (Å²) in [5.74, 6) is 1.51. The first-order valence-corrected chi connectivity index (χ1v) is 10.4. The smallest absolute Gasteiger partial charge is 0.272 e. The van der Waals surface area contributed by atoms with Crippen LogP contribution in [0.1, 0.15) is 23.3 Å². The number of amides is 1. The van der Waals surface area contributed by atoms with E-state index in [1.54, 1.807) is 27.4 Å². The number of aromatic amines is 1. The number of hydrogen-bond acceptors (Lipinski definition) is 7. The van der Waals surface area contributed by atoms with Gasteiger partial charge in [-0.25, -0.2) is 0 Å². The van der Waals surface area contributed by atoms with Crippen LogP contribution in [-0.2, 0) is 4.74 Å². The number of benzene rings is 1. The van der Waals surface area contributed by atoms with Gasteiger partial charge in [-0.1, -0.05) is 0 Å². The Morgan fingerprint density at radius 2 is 1.71 bits per heavy atom. The first-order chi connectivity index (χ1) is 15.0. The molecule has 1 aliphatic heterocycles. The molecule has 1 N–H and O–H groups in total. The maximum Gasteiger partial charge on any atom is 0.272 e. The van der Waals surface area contributed by atoms with Gasteiger partial charge < -0.3 is 28.7 Å². The van der Waals surface area contributed by atoms with E-state index in [0.717, 1.165) is 24.9 Å². The highest BCUT2D eigenvalue weighted by Crippen LogP contribution is 2.40. The molecule has 9 nitrogen and oxygen atoms in total. The Labute approximate surface area is 183 Å². The van der Waals surface area contributed by atoms with Crippen LogP contribution in [0.25, 0.3) is 11.3 Å². The minimum Gasteiger partial charge on any atom is -0.493 e. The molecule has 0 unspecified atom stereocenters. The lowest BCUT2D eigenvalue weighted by Crippen LogP contribution is -2.46. The summed E-state index contributed by atoms with van der Waals surface area (Å²) in [7, 11) is 8.70. The van der Waals surface area contributed by atoms with Crippen molar-refractivity contribution in [3.8, 4) is 28.5 Å². The van der Waals surface area contributed by atoms with Crippen LogP contribution in [0.5, 0.6) is 17.2 Å². The number of carbonyl (C=O) groups excluding carboxylic acids is 1. The number of likely N-dealkylation sites (N-methyl/N-ethyl adjacent to an activating group) is 1. The fraction of sp³-hybridized carbons (Fsp3) is 0.545. The van der Waals surface area contributed by atoms with E-state index >= 15 is 0 Å². The molecule has 1 amide bonds. The summed E-state index contributed by atoms with van der Waals surface area (Å²) in [6, 6.07) is 5.56. The highest BCUT2D eigenvalue weighted by molar-refractivity contribution is 5.93. The summed E-state index contributed by atoms with van der Waals surface area (Å²) in [6.07, 6.45) is 1.68. The van der Waals surface area contributed by atoms with Crippen LogP contribution in [0.15, 0.2) is 18.2 Å². The Bertz CT molecular complexity index is 852. The van der Waals surface area contributed by atoms with Gasteiger partial charge in [0.05, 0.1) is 27.0 Å². The lowest BCUT2D eigenvalue weighted by molar-refractivity contribution is 0.0272. The van der Waals surface area contributed by atoms with Crippen molar-refractivity contribution >= 4 is 5.91 Å². The molecule has 0 spiro atoms. The second kappa shape index (κ2) is 10.5. The van der Waals surface area contributed by atoms with Gasteiger partial charge in [-0.3, -0.25) is 9.89 Å². The Morgan fingerprint density at radius 1 is 1.06 bits per heavy atom. The summed E-state index contributed by atoms with van der Waals surface area (Å²) in [4.78, 5) is 17.4. The van der Waals surface area contributed by atoms with Crippen LogP contribution in [0.3, 0.4) is 0 Å². The van der Waals surface area contributed by atoms with E-state index in [-0.39, 0.29) is 11.9 Å². The normalized spacial score (nSPS) is 14.5. The van der Waals surface area contributed by atoms with Crippen molar-refractivity contribution in [2.75, 3.05) is 61.7 Å². The van der Waals surface area contributed by atoms with Crippen molar-refractivity contribution in [2.24, 2.45) is 0 Å². The monoisotopic (exact) mass is 432 g/mol. The molecule has 0 radical (unpaired) electrons. The van der Waals surface area contributed by atoms with Gasteiger partial charge in [0.25, 0.3) is 5.91 Å². The van der Waals surface area contributed by atoms with Gasteiger partial charge in [-0.05, 0) is 45.1 Å². The SMILES string of the molecule is COc1cc(-c2cc(C(=O)N(CCN(C)C)C3CCOCC3)[nH]n2)cc(OC)c1OC. The molecule has 170 valence electrons. The number of rotatable bonds is 9. The average Bonchev–Trinajstić information content (AvgIpc) is 3.29. The van der Waals surface area contributed by atoms with Crippen molar-refractivity contribution in [3.05, 3.63) is 23.9 Å². The molecular formula is C22H32N4O5. The molecule has 1 fully saturated rings. The third-order valence-corrected chi connectivity index (χ3v) is 5.45. The largest absolute Gasteiger partial charge is 0.493 e. The van der Waals surface area contributed by atoms with Gasteiger partial charge in [-0.2, -0.15) is 5.10 Å². The van der Waals surface area contributed by atoms with Crippen LogP contribution in [-0.4, -0.2) is 93.7 Å². The van der Waals surface area contributed by atoms with Crippen LogP contribution in [0.4, 0.5) is 0 Å². The molecule has 2 aromatic rings. The van der Waals surface area contributed by atoms with Crippen LogP contribution in [0.2, 0.25) is 0 Å². The molecule has 0 bridgehead atoms. The van der Waals surface area contributed by atoms with Crippen molar-refractivity contribution in [1.82, 2.24) is 20.0 Å². The molecule has 31 heavy (non-hydrogen) atoms. The molecule has 0 aliphatic carbocycles. The Hall–Kier alpha value is -2.78. The third-order valence-electron chi connectivity index (χ3n) is 5.45. The Balaban J connectivity index is 1.87. The minimum atomic E-state index is -0.0556. The summed E-state index contributed by atoms with van der Waals surface area (Å²) in [5, 5.41) is 7.29. The van der Waals surface area contributed by atoms with Gasteiger partial charge in [0.1, 0.15) is 5.69 Å². The van der Waals surface area contributed by atoms with Crippen molar-refractivity contribution in [2.45, 2.75) is 18.9 Å². The number of carbonyl (C=O) groups is 1. The number of methoxy groups -OCH3 is 3. The zero-order valence-corrected chi connectivity index (χ0v) is 18.9. The van der Waals surface area contributed by atoms with E-state index in [4.69, 9.17) is 18.9 Å². The second-order valence-electron chi connectivity index (χ2n) is 7.73. The zero-order valence-electron chi connectivity index (χ0n) is 18.9. The van der Waals surface area contributed by atoms with Crippen LogP contribution < -0.4 is 14.2 Å². The predicted octanol–water partition coefficient (Wildman–Crippen LogP) is 2.29. The number of ether oxygens (including phenoxy) is 4. The molecular weight excluding hydrogens is 400 g/mol. The third kappa shape index (κ3) is 5.29. The molecule has 1 aromatic carbocycles. The van der Waals surface area contributed by atoms with Crippen molar-refractivity contribution in [3.63, 3.8) is 0 Å². The van der Waals surface area contributed by atoms with E-state index in [0.29, 0.717) is 48.4 Å². The second-order valence-corrected chi connectivity index (χ2v) is 7.73. The number of H-pyrrole nitrogens is 1. The zero-order chi connectivity index (χ0) is 22.4. The van der Waals surface area contributed by atoms with Crippen molar-refractivity contribution < 1.29 is 23.7 Å². The maximum atomic E-state index is 13.4. The summed E-state index contributed by atoms with van der Waals surface area (Å²) in [5.41, 5.74) is 1.84. The van der Waals surface area contributed by atoms with Crippen LogP contribution in [0, 0.1) is 0 Å².